The van der Waals surface area contributed by atoms with E-state index in [-0.39, 0.29) is 23.9 Å². The van der Waals surface area contributed by atoms with E-state index in [2.05, 4.69) is 20.6 Å². The zero-order valence-corrected chi connectivity index (χ0v) is 21.0. The average molecular weight is 507 g/mol. The maximum atomic E-state index is 13.0. The first kappa shape index (κ1) is 23.6. The van der Waals surface area contributed by atoms with E-state index in [0.29, 0.717) is 23.7 Å². The minimum atomic E-state index is -0.142. The van der Waals surface area contributed by atoms with E-state index in [1.165, 1.54) is 11.3 Å². The van der Waals surface area contributed by atoms with Crippen LogP contribution in [-0.2, 0) is 4.74 Å². The molecule has 0 aliphatic carbocycles. The number of nitrogens with one attached hydrogen (secondary N) is 2. The van der Waals surface area contributed by atoms with Crippen molar-refractivity contribution in [3.8, 4) is 10.6 Å². The van der Waals surface area contributed by atoms with E-state index in [9.17, 15) is 9.59 Å². The van der Waals surface area contributed by atoms with Crippen LogP contribution in [-0.4, -0.2) is 41.0 Å². The molecule has 180 valence electrons. The maximum Gasteiger partial charge on any atom is 0.261 e. The number of pyridine rings is 1. The first-order valence-corrected chi connectivity index (χ1v) is 13.4. The lowest BCUT2D eigenvalue weighted by Gasteiger charge is -2.22. The molecular weight excluding hydrogens is 480 g/mol. The predicted molar refractivity (Wildman–Crippen MR) is 139 cm³/mol. The molecule has 9 heteroatoms. The number of amides is 2. The molecule has 1 aliphatic heterocycles. The SMILES string of the molecule is CCC(NC(=O)c1ccc2cnccc2c1)c1cnc(-c2csc(C(=O)NC3CCOCC3)c2)s1. The molecule has 1 fully saturated rings. The molecule has 1 atom stereocenters. The van der Waals surface area contributed by atoms with Crippen LogP contribution in [0.3, 0.4) is 0 Å². The standard InChI is InChI=1S/C26H26N4O3S2/c1-2-21(30-24(31)17-3-4-18-13-27-8-5-16(18)11-17)23-14-28-26(35-23)19-12-22(34-15-19)25(32)29-20-6-9-33-10-7-20/h3-5,8,11-15,20-21H,2,6-7,9-10H2,1H3,(H,29,32)(H,30,31). The van der Waals surface area contributed by atoms with Crippen LogP contribution in [0.25, 0.3) is 21.3 Å². The van der Waals surface area contributed by atoms with E-state index in [1.807, 2.05) is 48.8 Å². The van der Waals surface area contributed by atoms with Gasteiger partial charge in [-0.3, -0.25) is 14.6 Å². The molecule has 1 aliphatic rings. The van der Waals surface area contributed by atoms with Crippen LogP contribution in [0.4, 0.5) is 0 Å². The summed E-state index contributed by atoms with van der Waals surface area (Å²) in [5.41, 5.74) is 1.54. The van der Waals surface area contributed by atoms with Crippen molar-refractivity contribution in [3.05, 3.63) is 69.6 Å². The van der Waals surface area contributed by atoms with Crippen LogP contribution >= 0.6 is 22.7 Å². The first-order valence-electron chi connectivity index (χ1n) is 11.7. The fourth-order valence-corrected chi connectivity index (χ4v) is 5.99. The van der Waals surface area contributed by atoms with Gasteiger partial charge in [-0.05, 0) is 48.9 Å². The van der Waals surface area contributed by atoms with E-state index >= 15 is 0 Å². The van der Waals surface area contributed by atoms with E-state index in [0.717, 1.165) is 45.5 Å². The van der Waals surface area contributed by atoms with E-state index < -0.39 is 0 Å². The molecule has 0 radical (unpaired) electrons. The molecule has 2 N–H and O–H groups in total. The fourth-order valence-electron chi connectivity index (χ4n) is 4.09. The zero-order chi connectivity index (χ0) is 24.2. The summed E-state index contributed by atoms with van der Waals surface area (Å²) in [7, 11) is 0. The summed E-state index contributed by atoms with van der Waals surface area (Å²) < 4.78 is 5.36. The molecule has 1 unspecified atom stereocenters. The number of hydrogen-bond donors (Lipinski definition) is 2. The molecular formula is C26H26N4O3S2. The third-order valence-electron chi connectivity index (χ3n) is 6.11. The Labute approximate surface area is 211 Å². The van der Waals surface area contributed by atoms with Gasteiger partial charge in [0.2, 0.25) is 0 Å². The first-order chi connectivity index (χ1) is 17.1. The molecule has 0 spiro atoms. The summed E-state index contributed by atoms with van der Waals surface area (Å²) in [4.78, 5) is 36.0. The van der Waals surface area contributed by atoms with Crippen LogP contribution < -0.4 is 10.6 Å². The fraction of sp³-hybridized carbons (Fsp3) is 0.308. The van der Waals surface area contributed by atoms with Crippen molar-refractivity contribution in [2.75, 3.05) is 13.2 Å². The highest BCUT2D eigenvalue weighted by atomic mass is 32.1. The summed E-state index contributed by atoms with van der Waals surface area (Å²) in [6.07, 6.45) is 7.77. The van der Waals surface area contributed by atoms with Gasteiger partial charge in [-0.15, -0.1) is 22.7 Å². The van der Waals surface area contributed by atoms with Crippen LogP contribution in [0.2, 0.25) is 0 Å². The molecule has 35 heavy (non-hydrogen) atoms. The number of thiazole rings is 1. The van der Waals surface area contributed by atoms with Crippen molar-refractivity contribution in [3.63, 3.8) is 0 Å². The Balaban J connectivity index is 1.26. The lowest BCUT2D eigenvalue weighted by Crippen LogP contribution is -2.38. The molecule has 3 aromatic heterocycles. The molecule has 4 heterocycles. The summed E-state index contributed by atoms with van der Waals surface area (Å²) in [5, 5.41) is 11.0. The third kappa shape index (κ3) is 5.42. The van der Waals surface area contributed by atoms with Crippen molar-refractivity contribution in [2.45, 2.75) is 38.3 Å². The Morgan fingerprint density at radius 2 is 1.97 bits per heavy atom. The second-order valence-corrected chi connectivity index (χ2v) is 10.5. The zero-order valence-electron chi connectivity index (χ0n) is 19.3. The van der Waals surface area contributed by atoms with Gasteiger partial charge < -0.3 is 15.4 Å². The largest absolute Gasteiger partial charge is 0.381 e. The predicted octanol–water partition coefficient (Wildman–Crippen LogP) is 5.21. The lowest BCUT2D eigenvalue weighted by molar-refractivity contribution is 0.0698. The second kappa shape index (κ2) is 10.6. The number of nitrogens with zero attached hydrogens (tertiary/aromatic N) is 2. The molecule has 1 aromatic carbocycles. The third-order valence-corrected chi connectivity index (χ3v) is 8.20. The van der Waals surface area contributed by atoms with Crippen molar-refractivity contribution in [1.82, 2.24) is 20.6 Å². The lowest BCUT2D eigenvalue weighted by atomic mass is 10.1. The number of carbonyl (C=O) groups excluding carboxylic acids is 2. The Morgan fingerprint density at radius 3 is 2.80 bits per heavy atom. The van der Waals surface area contributed by atoms with Gasteiger partial charge >= 0.3 is 0 Å². The molecule has 4 aromatic rings. The van der Waals surface area contributed by atoms with Gasteiger partial charge in [0.15, 0.2) is 0 Å². The molecule has 2 amide bonds. The number of thiophene rings is 1. The minimum Gasteiger partial charge on any atom is -0.381 e. The van der Waals surface area contributed by atoms with Crippen molar-refractivity contribution in [2.24, 2.45) is 0 Å². The van der Waals surface area contributed by atoms with E-state index in [4.69, 9.17) is 4.74 Å². The minimum absolute atomic E-state index is 0.0465. The highest BCUT2D eigenvalue weighted by Gasteiger charge is 2.21. The topological polar surface area (TPSA) is 93.2 Å². The smallest absolute Gasteiger partial charge is 0.261 e. The number of aromatic nitrogens is 2. The van der Waals surface area contributed by atoms with Gasteiger partial charge in [0, 0.05) is 64.6 Å². The van der Waals surface area contributed by atoms with Crippen LogP contribution in [0.5, 0.6) is 0 Å². The van der Waals surface area contributed by atoms with Crippen LogP contribution in [0, 0.1) is 0 Å². The molecule has 7 nitrogen and oxygen atoms in total. The number of carbonyl (C=O) groups is 2. The highest BCUT2D eigenvalue weighted by Crippen LogP contribution is 2.33. The number of fused-ring (bicyclic) bond motifs is 1. The van der Waals surface area contributed by atoms with Gasteiger partial charge in [0.25, 0.3) is 11.8 Å². The monoisotopic (exact) mass is 506 g/mol. The van der Waals surface area contributed by atoms with Gasteiger partial charge in [-0.25, -0.2) is 4.98 Å². The molecule has 0 saturated carbocycles. The number of rotatable bonds is 7. The Bertz CT molecular complexity index is 1340. The summed E-state index contributed by atoms with van der Waals surface area (Å²) >= 11 is 2.97. The molecule has 0 bridgehead atoms. The highest BCUT2D eigenvalue weighted by molar-refractivity contribution is 7.16. The average Bonchev–Trinajstić information content (AvgIpc) is 3.58. The summed E-state index contributed by atoms with van der Waals surface area (Å²) in [6.45, 7) is 3.42. The van der Waals surface area contributed by atoms with Gasteiger partial charge in [0.05, 0.1) is 10.9 Å². The maximum absolute atomic E-state index is 13.0. The van der Waals surface area contributed by atoms with Crippen LogP contribution in [0.15, 0.2) is 54.3 Å². The summed E-state index contributed by atoms with van der Waals surface area (Å²) in [6, 6.07) is 9.44. The Morgan fingerprint density at radius 1 is 1.11 bits per heavy atom. The van der Waals surface area contributed by atoms with Crippen molar-refractivity contribution in [1.29, 1.82) is 0 Å². The molecule has 5 rings (SSSR count). The van der Waals surface area contributed by atoms with E-state index in [1.54, 1.807) is 23.7 Å². The number of hydrogen-bond acceptors (Lipinski definition) is 7. The van der Waals surface area contributed by atoms with Crippen LogP contribution in [0.1, 0.15) is 57.1 Å². The van der Waals surface area contributed by atoms with Crippen molar-refractivity contribution >= 4 is 45.3 Å². The normalized spacial score (nSPS) is 15.1. The van der Waals surface area contributed by atoms with Crippen molar-refractivity contribution < 1.29 is 14.3 Å². The summed E-state index contributed by atoms with van der Waals surface area (Å²) in [5.74, 6) is -0.164. The Hall–Kier alpha value is -3.14. The molecule has 1 saturated heterocycles. The van der Waals surface area contributed by atoms with Gasteiger partial charge in [-0.1, -0.05) is 13.0 Å². The quantitative estimate of drug-likeness (QED) is 0.359. The number of benzene rings is 1. The number of ether oxygens (including phenoxy) is 1. The Kier molecular flexibility index (Phi) is 7.17. The second-order valence-electron chi connectivity index (χ2n) is 8.50. The van der Waals surface area contributed by atoms with Gasteiger partial charge in [-0.2, -0.15) is 0 Å². The van der Waals surface area contributed by atoms with Gasteiger partial charge in [0.1, 0.15) is 5.01 Å².